The topological polar surface area (TPSA) is 45.5 Å². The van der Waals surface area contributed by atoms with Crippen molar-refractivity contribution < 1.29 is 0 Å². The molecule has 5 heteroatoms. The predicted octanol–water partition coefficient (Wildman–Crippen LogP) is 1.86. The van der Waals surface area contributed by atoms with Gasteiger partial charge in [0.25, 0.3) is 0 Å². The molecule has 0 bridgehead atoms. The molecular formula is C15H27N5. The molecule has 1 aromatic heterocycles. The molecule has 1 atom stereocenters. The van der Waals surface area contributed by atoms with Crippen molar-refractivity contribution in [3.63, 3.8) is 0 Å². The lowest BCUT2D eigenvalue weighted by Gasteiger charge is -2.22. The second kappa shape index (κ2) is 6.77. The molecule has 1 fully saturated rings. The number of guanidine groups is 1. The molecule has 2 heterocycles. The highest BCUT2D eigenvalue weighted by Gasteiger charge is 2.25. The van der Waals surface area contributed by atoms with Crippen LogP contribution in [-0.4, -0.2) is 40.5 Å². The van der Waals surface area contributed by atoms with Crippen molar-refractivity contribution >= 4 is 5.96 Å². The monoisotopic (exact) mass is 277 g/mol. The molecule has 0 saturated carbocycles. The Morgan fingerprint density at radius 2 is 2.35 bits per heavy atom. The molecule has 0 radical (unpaired) electrons. The van der Waals surface area contributed by atoms with Gasteiger partial charge >= 0.3 is 0 Å². The normalized spacial score (nSPS) is 19.9. The van der Waals surface area contributed by atoms with E-state index in [-0.39, 0.29) is 0 Å². The second-order valence-electron chi connectivity index (χ2n) is 6.09. The van der Waals surface area contributed by atoms with Crippen LogP contribution in [0.2, 0.25) is 0 Å². The van der Waals surface area contributed by atoms with Gasteiger partial charge in [-0.1, -0.05) is 13.8 Å². The lowest BCUT2D eigenvalue weighted by Crippen LogP contribution is -2.40. The van der Waals surface area contributed by atoms with Crippen LogP contribution >= 0.6 is 0 Å². The maximum Gasteiger partial charge on any atom is 0.194 e. The maximum atomic E-state index is 4.41. The van der Waals surface area contributed by atoms with Crippen molar-refractivity contribution in [2.75, 3.05) is 20.1 Å². The molecule has 20 heavy (non-hydrogen) atoms. The van der Waals surface area contributed by atoms with E-state index in [2.05, 4.69) is 34.0 Å². The highest BCUT2D eigenvalue weighted by atomic mass is 15.3. The summed E-state index contributed by atoms with van der Waals surface area (Å²) in [6.45, 7) is 7.56. The molecule has 1 aliphatic heterocycles. The van der Waals surface area contributed by atoms with E-state index in [4.69, 9.17) is 0 Å². The highest BCUT2D eigenvalue weighted by Crippen LogP contribution is 2.23. The summed E-state index contributed by atoms with van der Waals surface area (Å²) in [7, 11) is 3.87. The Kier molecular flexibility index (Phi) is 5.04. The fraction of sp³-hybridized carbons (Fsp3) is 0.733. The first-order valence-corrected chi connectivity index (χ1v) is 7.52. The van der Waals surface area contributed by atoms with Gasteiger partial charge in [0.05, 0.1) is 6.54 Å². The number of nitrogens with one attached hydrogen (secondary N) is 1. The van der Waals surface area contributed by atoms with E-state index in [1.165, 1.54) is 12.8 Å². The van der Waals surface area contributed by atoms with Crippen LogP contribution in [0.5, 0.6) is 0 Å². The van der Waals surface area contributed by atoms with E-state index in [1.807, 2.05) is 31.1 Å². The molecule has 112 valence electrons. The third kappa shape index (κ3) is 3.74. The lowest BCUT2D eigenvalue weighted by atomic mass is 9.97. The van der Waals surface area contributed by atoms with Crippen LogP contribution in [0.4, 0.5) is 0 Å². The van der Waals surface area contributed by atoms with Crippen molar-refractivity contribution in [2.45, 2.75) is 33.2 Å². The molecule has 0 spiro atoms. The molecule has 0 aliphatic carbocycles. The van der Waals surface area contributed by atoms with Crippen LogP contribution in [0.25, 0.3) is 0 Å². The Morgan fingerprint density at radius 3 is 2.95 bits per heavy atom. The summed E-state index contributed by atoms with van der Waals surface area (Å²) in [5, 5.41) is 3.42. The van der Waals surface area contributed by atoms with E-state index in [1.54, 1.807) is 0 Å². The van der Waals surface area contributed by atoms with Crippen LogP contribution < -0.4 is 5.32 Å². The van der Waals surface area contributed by atoms with Gasteiger partial charge in [0.2, 0.25) is 0 Å². The van der Waals surface area contributed by atoms with Gasteiger partial charge in [0.15, 0.2) is 5.96 Å². The van der Waals surface area contributed by atoms with Crippen LogP contribution in [0, 0.1) is 11.8 Å². The first-order valence-electron chi connectivity index (χ1n) is 7.52. The Morgan fingerprint density at radius 1 is 1.55 bits per heavy atom. The van der Waals surface area contributed by atoms with Crippen molar-refractivity contribution in [2.24, 2.45) is 23.9 Å². The highest BCUT2D eigenvalue weighted by molar-refractivity contribution is 5.80. The fourth-order valence-corrected chi connectivity index (χ4v) is 2.94. The minimum absolute atomic E-state index is 0.724. The van der Waals surface area contributed by atoms with Crippen molar-refractivity contribution in [3.8, 4) is 0 Å². The van der Waals surface area contributed by atoms with Crippen molar-refractivity contribution in [1.82, 2.24) is 19.8 Å². The summed E-state index contributed by atoms with van der Waals surface area (Å²) in [5.41, 5.74) is 0. The van der Waals surface area contributed by atoms with E-state index >= 15 is 0 Å². The van der Waals surface area contributed by atoms with Gasteiger partial charge in [-0.3, -0.25) is 4.99 Å². The van der Waals surface area contributed by atoms with Gasteiger partial charge in [-0.05, 0) is 24.7 Å². The summed E-state index contributed by atoms with van der Waals surface area (Å²) in [6, 6.07) is 0. The molecule has 0 amide bonds. The number of likely N-dealkylation sites (tertiary alicyclic amines) is 1. The van der Waals surface area contributed by atoms with Crippen LogP contribution in [0.3, 0.4) is 0 Å². The molecule has 2 rings (SSSR count). The smallest absolute Gasteiger partial charge is 0.194 e. The van der Waals surface area contributed by atoms with E-state index in [0.29, 0.717) is 0 Å². The molecule has 0 aromatic carbocycles. The largest absolute Gasteiger partial charge is 0.349 e. The summed E-state index contributed by atoms with van der Waals surface area (Å²) in [6.07, 6.45) is 6.39. The van der Waals surface area contributed by atoms with Gasteiger partial charge in [-0.2, -0.15) is 0 Å². The standard InChI is InChI=1S/C15H27N5/c1-12(2)9-13-5-7-20(11-13)15(16-3)18-10-14-17-6-8-19(14)4/h6,8,12-13H,5,7,9-11H2,1-4H3,(H,16,18). The Hall–Kier alpha value is -1.52. The fourth-order valence-electron chi connectivity index (χ4n) is 2.94. The molecule has 1 unspecified atom stereocenters. The lowest BCUT2D eigenvalue weighted by molar-refractivity contribution is 0.403. The SMILES string of the molecule is CN=C(NCc1nccn1C)N1CCC(CC(C)C)C1. The maximum absolute atomic E-state index is 4.41. The third-order valence-electron chi connectivity index (χ3n) is 3.93. The zero-order chi connectivity index (χ0) is 14.5. The molecule has 1 saturated heterocycles. The second-order valence-corrected chi connectivity index (χ2v) is 6.09. The number of hydrogen-bond acceptors (Lipinski definition) is 2. The quantitative estimate of drug-likeness (QED) is 0.675. The predicted molar refractivity (Wildman–Crippen MR) is 82.5 cm³/mol. The zero-order valence-corrected chi connectivity index (χ0v) is 13.1. The molecule has 5 nitrogen and oxygen atoms in total. The number of rotatable bonds is 4. The first-order chi connectivity index (χ1) is 9.60. The number of aliphatic imine (C=N–C) groups is 1. The Balaban J connectivity index is 1.85. The van der Waals surface area contributed by atoms with E-state index < -0.39 is 0 Å². The average Bonchev–Trinajstić information content (AvgIpc) is 3.00. The number of imidazole rings is 1. The van der Waals surface area contributed by atoms with Gasteiger partial charge in [-0.15, -0.1) is 0 Å². The number of aromatic nitrogens is 2. The summed E-state index contributed by atoms with van der Waals surface area (Å²) in [5.74, 6) is 3.62. The summed E-state index contributed by atoms with van der Waals surface area (Å²) in [4.78, 5) is 11.1. The average molecular weight is 277 g/mol. The van der Waals surface area contributed by atoms with Gasteiger partial charge in [0, 0.05) is 39.6 Å². The molecular weight excluding hydrogens is 250 g/mol. The zero-order valence-electron chi connectivity index (χ0n) is 13.1. The van der Waals surface area contributed by atoms with Gasteiger partial charge in [-0.25, -0.2) is 4.98 Å². The van der Waals surface area contributed by atoms with E-state index in [0.717, 1.165) is 43.3 Å². The minimum atomic E-state index is 0.724. The molecule has 1 N–H and O–H groups in total. The van der Waals surface area contributed by atoms with Gasteiger partial charge < -0.3 is 14.8 Å². The van der Waals surface area contributed by atoms with Crippen molar-refractivity contribution in [1.29, 1.82) is 0 Å². The third-order valence-corrected chi connectivity index (χ3v) is 3.93. The number of aryl methyl sites for hydroxylation is 1. The van der Waals surface area contributed by atoms with Crippen LogP contribution in [0.15, 0.2) is 17.4 Å². The summed E-state index contributed by atoms with van der Waals surface area (Å²) >= 11 is 0. The number of nitrogens with zero attached hydrogens (tertiary/aromatic N) is 4. The van der Waals surface area contributed by atoms with Gasteiger partial charge in [0.1, 0.15) is 5.82 Å². The number of hydrogen-bond donors (Lipinski definition) is 1. The van der Waals surface area contributed by atoms with Crippen LogP contribution in [-0.2, 0) is 13.6 Å². The Labute approximate surface area is 122 Å². The Bertz CT molecular complexity index is 449. The minimum Gasteiger partial charge on any atom is -0.349 e. The van der Waals surface area contributed by atoms with Crippen LogP contribution in [0.1, 0.15) is 32.5 Å². The molecule has 1 aliphatic rings. The first kappa shape index (κ1) is 14.9. The van der Waals surface area contributed by atoms with Crippen molar-refractivity contribution in [3.05, 3.63) is 18.2 Å². The van der Waals surface area contributed by atoms with E-state index in [9.17, 15) is 0 Å². The summed E-state index contributed by atoms with van der Waals surface area (Å²) < 4.78 is 2.03. The molecule has 1 aromatic rings.